The van der Waals surface area contributed by atoms with E-state index in [4.69, 9.17) is 4.84 Å². The van der Waals surface area contributed by atoms with E-state index in [1.54, 1.807) is 0 Å². The predicted molar refractivity (Wildman–Crippen MR) is 69.5 cm³/mol. The lowest BCUT2D eigenvalue weighted by atomic mass is 9.86. The lowest BCUT2D eigenvalue weighted by Gasteiger charge is -2.17. The van der Waals surface area contributed by atoms with Gasteiger partial charge in [0.25, 0.3) is 0 Å². The maximum absolute atomic E-state index is 5.81. The standard InChI is InChI=1S/C14H16BrNO/c15-11-4-1-9(2-5-11)13-7-16-14-10(8-17-16)3-6-12(13)14/h1-2,4-5,10,12-14H,3,6-8H2/t10-,12+,13+,14+/m0/s1. The molecule has 2 saturated heterocycles. The molecule has 1 aromatic carbocycles. The average Bonchev–Trinajstić information content (AvgIpc) is 2.99. The largest absolute Gasteiger partial charge is 0.298 e. The first kappa shape index (κ1) is 10.5. The monoisotopic (exact) mass is 293 g/mol. The van der Waals surface area contributed by atoms with E-state index >= 15 is 0 Å². The summed E-state index contributed by atoms with van der Waals surface area (Å²) in [7, 11) is 0. The van der Waals surface area contributed by atoms with E-state index in [2.05, 4.69) is 45.3 Å². The van der Waals surface area contributed by atoms with Gasteiger partial charge in [-0.25, -0.2) is 0 Å². The topological polar surface area (TPSA) is 12.5 Å². The van der Waals surface area contributed by atoms with E-state index in [0.29, 0.717) is 12.0 Å². The number of halogens is 1. The molecule has 90 valence electrons. The minimum atomic E-state index is 0.679. The first-order chi connectivity index (χ1) is 8.33. The summed E-state index contributed by atoms with van der Waals surface area (Å²) in [6.07, 6.45) is 2.74. The zero-order chi connectivity index (χ0) is 11.4. The summed E-state index contributed by atoms with van der Waals surface area (Å²) in [5.74, 6) is 2.31. The van der Waals surface area contributed by atoms with Crippen molar-refractivity contribution in [3.63, 3.8) is 0 Å². The van der Waals surface area contributed by atoms with Crippen LogP contribution in [0.15, 0.2) is 28.7 Å². The highest BCUT2D eigenvalue weighted by atomic mass is 79.9. The van der Waals surface area contributed by atoms with E-state index in [9.17, 15) is 0 Å². The third kappa shape index (κ3) is 1.52. The van der Waals surface area contributed by atoms with Crippen LogP contribution in [0.2, 0.25) is 0 Å². The van der Waals surface area contributed by atoms with Gasteiger partial charge in [0.05, 0.1) is 6.61 Å². The third-order valence-electron chi connectivity index (χ3n) is 4.77. The fourth-order valence-corrected chi connectivity index (χ4v) is 4.28. The van der Waals surface area contributed by atoms with Crippen LogP contribution in [0.3, 0.4) is 0 Å². The molecule has 3 aliphatic rings. The Morgan fingerprint density at radius 1 is 1.18 bits per heavy atom. The molecule has 0 N–H and O–H groups in total. The van der Waals surface area contributed by atoms with Crippen LogP contribution in [0.4, 0.5) is 0 Å². The highest BCUT2D eigenvalue weighted by Gasteiger charge is 2.53. The van der Waals surface area contributed by atoms with Crippen LogP contribution in [0, 0.1) is 11.8 Å². The summed E-state index contributed by atoms with van der Waals surface area (Å²) in [5, 5.41) is 2.27. The molecule has 4 rings (SSSR count). The van der Waals surface area contributed by atoms with Gasteiger partial charge in [0.15, 0.2) is 0 Å². The number of benzene rings is 1. The molecule has 3 heteroatoms. The van der Waals surface area contributed by atoms with E-state index in [1.165, 1.54) is 22.9 Å². The number of hydroxylamine groups is 2. The zero-order valence-corrected chi connectivity index (χ0v) is 11.3. The highest BCUT2D eigenvalue weighted by Crippen LogP contribution is 2.51. The summed E-state index contributed by atoms with van der Waals surface area (Å²) in [4.78, 5) is 5.81. The van der Waals surface area contributed by atoms with Gasteiger partial charge in [-0.05, 0) is 36.5 Å². The SMILES string of the molecule is Brc1ccc([C@H]2CN3OC[C@@H]4CC[C@H]2[C@@H]43)cc1. The first-order valence-corrected chi connectivity index (χ1v) is 7.27. The Balaban J connectivity index is 1.66. The molecule has 2 aliphatic heterocycles. The molecule has 4 atom stereocenters. The zero-order valence-electron chi connectivity index (χ0n) is 9.68. The maximum Gasteiger partial charge on any atom is 0.0729 e. The minimum Gasteiger partial charge on any atom is -0.298 e. The van der Waals surface area contributed by atoms with Crippen molar-refractivity contribution in [2.24, 2.45) is 11.8 Å². The number of hydrogen-bond donors (Lipinski definition) is 0. The summed E-state index contributed by atoms with van der Waals surface area (Å²) in [6, 6.07) is 9.57. The van der Waals surface area contributed by atoms with Gasteiger partial charge in [-0.3, -0.25) is 4.84 Å². The smallest absolute Gasteiger partial charge is 0.0729 e. The number of hydrogen-bond acceptors (Lipinski definition) is 2. The van der Waals surface area contributed by atoms with Gasteiger partial charge in [-0.15, -0.1) is 0 Å². The number of rotatable bonds is 1. The second-order valence-corrected chi connectivity index (χ2v) is 6.46. The van der Waals surface area contributed by atoms with E-state index < -0.39 is 0 Å². The normalized spacial score (nSPS) is 39.8. The fraction of sp³-hybridized carbons (Fsp3) is 0.571. The van der Waals surface area contributed by atoms with E-state index in [0.717, 1.165) is 25.0 Å². The Bertz CT molecular complexity index is 432. The molecule has 0 bridgehead atoms. The Morgan fingerprint density at radius 2 is 2.00 bits per heavy atom. The van der Waals surface area contributed by atoms with E-state index in [-0.39, 0.29) is 0 Å². The van der Waals surface area contributed by atoms with Crippen LogP contribution in [0.1, 0.15) is 24.3 Å². The van der Waals surface area contributed by atoms with Gasteiger partial charge >= 0.3 is 0 Å². The van der Waals surface area contributed by atoms with Crippen LogP contribution < -0.4 is 0 Å². The van der Waals surface area contributed by atoms with Crippen molar-refractivity contribution in [3.05, 3.63) is 34.3 Å². The molecule has 1 aromatic rings. The second-order valence-electron chi connectivity index (χ2n) is 5.55. The van der Waals surface area contributed by atoms with Gasteiger partial charge in [-0.1, -0.05) is 28.1 Å². The quantitative estimate of drug-likeness (QED) is 0.788. The molecule has 0 spiro atoms. The minimum absolute atomic E-state index is 0.679. The molecule has 3 fully saturated rings. The highest BCUT2D eigenvalue weighted by molar-refractivity contribution is 9.10. The molecule has 0 unspecified atom stereocenters. The van der Waals surface area contributed by atoms with Crippen molar-refractivity contribution in [3.8, 4) is 0 Å². The van der Waals surface area contributed by atoms with Crippen molar-refractivity contribution >= 4 is 15.9 Å². The van der Waals surface area contributed by atoms with Gasteiger partial charge in [0, 0.05) is 28.9 Å². The molecule has 1 aliphatic carbocycles. The molecule has 2 heterocycles. The summed E-state index contributed by atoms with van der Waals surface area (Å²) < 4.78 is 1.17. The van der Waals surface area contributed by atoms with Gasteiger partial charge in [0.2, 0.25) is 0 Å². The van der Waals surface area contributed by atoms with Crippen molar-refractivity contribution in [1.82, 2.24) is 5.06 Å². The summed E-state index contributed by atoms with van der Waals surface area (Å²) >= 11 is 3.51. The van der Waals surface area contributed by atoms with Crippen LogP contribution >= 0.6 is 15.9 Å². The van der Waals surface area contributed by atoms with Crippen LogP contribution in [0.5, 0.6) is 0 Å². The van der Waals surface area contributed by atoms with Crippen LogP contribution in [0.25, 0.3) is 0 Å². The fourth-order valence-electron chi connectivity index (χ4n) is 4.01. The van der Waals surface area contributed by atoms with Crippen molar-refractivity contribution < 1.29 is 4.84 Å². The molecular weight excluding hydrogens is 278 g/mol. The van der Waals surface area contributed by atoms with Crippen LogP contribution in [-0.2, 0) is 4.84 Å². The molecule has 17 heavy (non-hydrogen) atoms. The molecule has 0 radical (unpaired) electrons. The van der Waals surface area contributed by atoms with Crippen molar-refractivity contribution in [2.75, 3.05) is 13.2 Å². The predicted octanol–water partition coefficient (Wildman–Crippen LogP) is 3.19. The van der Waals surface area contributed by atoms with E-state index in [1.807, 2.05) is 0 Å². The Morgan fingerprint density at radius 3 is 2.82 bits per heavy atom. The van der Waals surface area contributed by atoms with Crippen molar-refractivity contribution in [1.29, 1.82) is 0 Å². The van der Waals surface area contributed by atoms with Gasteiger partial charge in [0.1, 0.15) is 0 Å². The average molecular weight is 294 g/mol. The second kappa shape index (κ2) is 3.81. The lowest BCUT2D eigenvalue weighted by molar-refractivity contribution is -0.117. The van der Waals surface area contributed by atoms with Gasteiger partial charge < -0.3 is 0 Å². The Kier molecular flexibility index (Phi) is 2.36. The first-order valence-electron chi connectivity index (χ1n) is 6.48. The van der Waals surface area contributed by atoms with Gasteiger partial charge in [-0.2, -0.15) is 5.06 Å². The molecule has 2 nitrogen and oxygen atoms in total. The molecule has 0 amide bonds. The number of nitrogens with zero attached hydrogens (tertiary/aromatic N) is 1. The van der Waals surface area contributed by atoms with Crippen LogP contribution in [-0.4, -0.2) is 24.3 Å². The maximum atomic E-state index is 5.81. The Hall–Kier alpha value is -0.380. The summed E-state index contributed by atoms with van der Waals surface area (Å²) in [5.41, 5.74) is 1.48. The molecular formula is C14H16BrNO. The third-order valence-corrected chi connectivity index (χ3v) is 5.30. The lowest BCUT2D eigenvalue weighted by Crippen LogP contribution is -2.25. The van der Waals surface area contributed by atoms with Crippen molar-refractivity contribution in [2.45, 2.75) is 24.8 Å². The summed E-state index contributed by atoms with van der Waals surface area (Å²) in [6.45, 7) is 2.06. The Labute approximate surface area is 110 Å². The molecule has 0 aromatic heterocycles. The molecule has 1 saturated carbocycles.